The summed E-state index contributed by atoms with van der Waals surface area (Å²) in [6, 6.07) is -5.59. The Morgan fingerprint density at radius 3 is 1.34 bits per heavy atom. The molecule has 2 heterocycles. The van der Waals surface area contributed by atoms with Gasteiger partial charge in [0.2, 0.25) is 11.8 Å². The van der Waals surface area contributed by atoms with Crippen molar-refractivity contribution in [2.24, 2.45) is 11.8 Å². The van der Waals surface area contributed by atoms with Crippen LogP contribution in [0.3, 0.4) is 0 Å². The second kappa shape index (κ2) is 20.2. The molecule has 4 unspecified atom stereocenters. The molecule has 0 radical (unpaired) electrons. The van der Waals surface area contributed by atoms with E-state index in [0.29, 0.717) is 0 Å². The molecule has 1 aromatic carbocycles. The Morgan fingerprint density at radius 2 is 0.959 bits per heavy atom. The molecule has 2 fully saturated rings. The van der Waals surface area contributed by atoms with Crippen molar-refractivity contribution in [3.63, 3.8) is 0 Å². The number of fused-ring (bicyclic) bond motifs is 2. The van der Waals surface area contributed by atoms with E-state index in [1.54, 1.807) is 0 Å². The Balaban J connectivity index is 0.000000391. The maximum absolute atomic E-state index is 14.4. The Morgan fingerprint density at radius 1 is 0.554 bits per heavy atom. The van der Waals surface area contributed by atoms with E-state index in [1.807, 2.05) is 0 Å². The van der Waals surface area contributed by atoms with Gasteiger partial charge in [0, 0.05) is 13.0 Å². The lowest BCUT2D eigenvalue weighted by atomic mass is 9.78. The summed E-state index contributed by atoms with van der Waals surface area (Å²) in [6.07, 6.45) is -57.6. The number of ether oxygens (including phenoxy) is 4. The largest absolute Gasteiger partial charge is 0.461 e. The Bertz CT molecular complexity index is 2320. The van der Waals surface area contributed by atoms with Gasteiger partial charge < -0.3 is 9.47 Å². The van der Waals surface area contributed by atoms with Crippen LogP contribution < -0.4 is 0 Å². The van der Waals surface area contributed by atoms with E-state index in [0.717, 1.165) is 0 Å². The second-order valence-electron chi connectivity index (χ2n) is 15.1. The van der Waals surface area contributed by atoms with Crippen LogP contribution in [0.1, 0.15) is 65.7 Å². The zero-order chi connectivity index (χ0) is 57.9. The molecule has 1 aromatic rings. The highest BCUT2D eigenvalue weighted by Gasteiger charge is 2.73. The molecule has 2 aliphatic heterocycles. The normalized spacial score (nSPS) is 20.6. The standard InChI is InChI=1S/C17H12F15NO5.C17H8F13NO5/c18-11(19)3-1-2-6-7(11)9(35)33(8(6)34)13(23,24)5-14(25,26)37-10(36)16(29,17(30,31)32)38-15(27,28)4-12(20,21)22;18-7-5-6(8(19)10(21)9(7)20)12(33)31(11(5)32)2-1-3-35-13(34)16(27,17(28,29)30)36-15(25,26)4-14(22,23)24/h6-7H,1-5H2;1-4H2. The van der Waals surface area contributed by atoms with E-state index in [4.69, 9.17) is 0 Å². The Hall–Kier alpha value is -5.60. The minimum atomic E-state index is -7.15. The van der Waals surface area contributed by atoms with Crippen molar-refractivity contribution in [3.8, 4) is 0 Å². The summed E-state index contributed by atoms with van der Waals surface area (Å²) in [6.45, 7) is -2.53. The number of alkyl halides is 24. The van der Waals surface area contributed by atoms with Gasteiger partial charge in [-0.3, -0.25) is 33.6 Å². The summed E-state index contributed by atoms with van der Waals surface area (Å²) in [7, 11) is 0. The van der Waals surface area contributed by atoms with E-state index < -0.39 is 212 Å². The highest BCUT2D eigenvalue weighted by molar-refractivity contribution is 6.21. The van der Waals surface area contributed by atoms with Crippen molar-refractivity contribution < 1.29 is 171 Å². The molecule has 1 saturated carbocycles. The lowest BCUT2D eigenvalue weighted by molar-refractivity contribution is -0.417. The smallest absolute Gasteiger partial charge is 0.460 e. The van der Waals surface area contributed by atoms with Crippen LogP contribution in [0, 0.1) is 35.1 Å². The topological polar surface area (TPSA) is 146 Å². The molecule has 4 atom stereocenters. The molecule has 0 spiro atoms. The lowest BCUT2D eigenvalue weighted by Gasteiger charge is -2.32. The molecule has 1 aliphatic carbocycles. The molecular formula is C34H20F28N2O10. The lowest BCUT2D eigenvalue weighted by Crippen LogP contribution is -2.57. The molecule has 3 aliphatic rings. The van der Waals surface area contributed by atoms with Gasteiger partial charge in [0.25, 0.3) is 17.7 Å². The van der Waals surface area contributed by atoms with Gasteiger partial charge in [0.1, 0.15) is 25.2 Å². The summed E-state index contributed by atoms with van der Waals surface area (Å²) >= 11 is 0. The molecule has 12 nitrogen and oxygen atoms in total. The molecule has 0 aromatic heterocycles. The maximum atomic E-state index is 14.4. The molecule has 4 amide bonds. The molecule has 422 valence electrons. The van der Waals surface area contributed by atoms with Crippen LogP contribution in [-0.4, -0.2) is 125 Å². The van der Waals surface area contributed by atoms with Gasteiger partial charge >= 0.3 is 72.7 Å². The summed E-state index contributed by atoms with van der Waals surface area (Å²) in [5, 5.41) is 0. The first-order valence-corrected chi connectivity index (χ1v) is 18.8. The van der Waals surface area contributed by atoms with E-state index in [2.05, 4.69) is 18.9 Å². The van der Waals surface area contributed by atoms with Gasteiger partial charge in [0.15, 0.2) is 23.3 Å². The third kappa shape index (κ3) is 13.4. The van der Waals surface area contributed by atoms with Crippen LogP contribution in [0.4, 0.5) is 123 Å². The highest BCUT2D eigenvalue weighted by Crippen LogP contribution is 2.52. The van der Waals surface area contributed by atoms with E-state index >= 15 is 0 Å². The number of imide groups is 2. The monoisotopic (exact) mass is 1150 g/mol. The number of hydrogen-bond acceptors (Lipinski definition) is 10. The van der Waals surface area contributed by atoms with Crippen LogP contribution in [0.25, 0.3) is 0 Å². The molecule has 74 heavy (non-hydrogen) atoms. The number of hydrogen-bond donors (Lipinski definition) is 0. The van der Waals surface area contributed by atoms with Crippen LogP contribution in [0.15, 0.2) is 0 Å². The van der Waals surface area contributed by atoms with Crippen LogP contribution in [-0.2, 0) is 38.1 Å². The molecule has 0 N–H and O–H groups in total. The molecular weight excluding hydrogens is 1130 g/mol. The third-order valence-electron chi connectivity index (χ3n) is 9.49. The molecule has 0 bridgehead atoms. The fourth-order valence-electron chi connectivity index (χ4n) is 6.55. The Labute approximate surface area is 387 Å². The highest BCUT2D eigenvalue weighted by atomic mass is 19.4. The average Bonchev–Trinajstić information content (AvgIpc) is 3.58. The van der Waals surface area contributed by atoms with Crippen LogP contribution in [0.5, 0.6) is 0 Å². The number of rotatable bonds is 16. The summed E-state index contributed by atoms with van der Waals surface area (Å²) in [5.41, 5.74) is -3.07. The molecule has 4 rings (SSSR count). The first-order valence-electron chi connectivity index (χ1n) is 18.8. The number of halogens is 28. The van der Waals surface area contributed by atoms with Crippen molar-refractivity contribution in [2.45, 2.75) is 112 Å². The summed E-state index contributed by atoms with van der Waals surface area (Å²) in [4.78, 5) is 69.6. The minimum Gasteiger partial charge on any atom is -0.461 e. The Kier molecular flexibility index (Phi) is 17.1. The van der Waals surface area contributed by atoms with Gasteiger partial charge in [-0.15, -0.1) is 0 Å². The predicted molar refractivity (Wildman–Crippen MR) is 169 cm³/mol. The van der Waals surface area contributed by atoms with E-state index in [-0.39, 0.29) is 4.90 Å². The first kappa shape index (κ1) is 62.7. The summed E-state index contributed by atoms with van der Waals surface area (Å²) in [5.74, 6) is -46.7. The van der Waals surface area contributed by atoms with E-state index in [9.17, 15) is 152 Å². The zero-order valence-electron chi connectivity index (χ0n) is 34.6. The van der Waals surface area contributed by atoms with Crippen LogP contribution >= 0.6 is 0 Å². The van der Waals surface area contributed by atoms with Crippen LogP contribution in [0.2, 0.25) is 0 Å². The average molecular weight is 1150 g/mol. The minimum absolute atomic E-state index is 0.0933. The van der Waals surface area contributed by atoms with Crippen molar-refractivity contribution >= 4 is 35.6 Å². The van der Waals surface area contributed by atoms with Crippen molar-refractivity contribution in [1.29, 1.82) is 0 Å². The van der Waals surface area contributed by atoms with Gasteiger partial charge in [-0.25, -0.2) is 40.8 Å². The molecule has 1 saturated heterocycles. The first-order chi connectivity index (χ1) is 32.8. The number of esters is 2. The number of nitrogens with zero attached hydrogens (tertiary/aromatic N) is 2. The number of benzene rings is 1. The van der Waals surface area contributed by atoms with Crippen molar-refractivity contribution in [1.82, 2.24) is 9.80 Å². The zero-order valence-corrected chi connectivity index (χ0v) is 34.6. The molecule has 40 heteroatoms. The van der Waals surface area contributed by atoms with Gasteiger partial charge in [-0.2, -0.15) is 96.6 Å². The quantitative estimate of drug-likeness (QED) is 0.0298. The van der Waals surface area contributed by atoms with Gasteiger partial charge in [0.05, 0.1) is 23.7 Å². The van der Waals surface area contributed by atoms with Gasteiger partial charge in [-0.05, 0) is 19.3 Å². The second-order valence-corrected chi connectivity index (χ2v) is 15.1. The SMILES string of the molecule is O=C1C2CCCC(F)(F)C2C(=O)N1C(F)(F)CC(F)(F)OC(=O)C(F)(OC(F)(F)CC(F)(F)F)C(F)(F)F.O=C1c2c(F)c(F)c(F)c(F)c2C(=O)N1CCCOC(=O)C(F)(OC(F)(F)CC(F)(F)F)C(F)(F)F. The van der Waals surface area contributed by atoms with Gasteiger partial charge in [-0.1, -0.05) is 0 Å². The number of likely N-dealkylation sites (tertiary alicyclic amines) is 1. The summed E-state index contributed by atoms with van der Waals surface area (Å²) < 4.78 is 380. The maximum Gasteiger partial charge on any atom is 0.460 e. The third-order valence-corrected chi connectivity index (χ3v) is 9.49. The fraction of sp³-hybridized carbons (Fsp3) is 0.647. The predicted octanol–water partition coefficient (Wildman–Crippen LogP) is 9.88. The fourth-order valence-corrected chi connectivity index (χ4v) is 6.55. The van der Waals surface area contributed by atoms with Crippen molar-refractivity contribution in [3.05, 3.63) is 34.4 Å². The number of amides is 4. The van der Waals surface area contributed by atoms with E-state index in [1.165, 1.54) is 0 Å². The number of carbonyl (C=O) groups excluding carboxylic acids is 6. The van der Waals surface area contributed by atoms with Crippen molar-refractivity contribution in [2.75, 3.05) is 13.2 Å². The number of carbonyl (C=O) groups is 6.